The van der Waals surface area contributed by atoms with Crippen molar-refractivity contribution in [3.8, 4) is 0 Å². The number of hydrogen-bond donors (Lipinski definition) is 2. The summed E-state index contributed by atoms with van der Waals surface area (Å²) in [5, 5.41) is 6.22. The van der Waals surface area contributed by atoms with Crippen LogP contribution in [0.4, 0.5) is 0 Å². The maximum atomic E-state index is 11.9. The van der Waals surface area contributed by atoms with Crippen LogP contribution in [0.1, 0.15) is 16.9 Å². The third-order valence-corrected chi connectivity index (χ3v) is 3.03. The van der Waals surface area contributed by atoms with Gasteiger partial charge >= 0.3 is 0 Å². The molecule has 0 aliphatic carbocycles. The molecular weight excluding hydrogens is 258 g/mol. The number of amides is 1. The van der Waals surface area contributed by atoms with Crippen LogP contribution in [-0.2, 0) is 7.05 Å². The van der Waals surface area contributed by atoms with Crippen LogP contribution >= 0.6 is 15.9 Å². The molecule has 1 aliphatic rings. The van der Waals surface area contributed by atoms with Crippen molar-refractivity contribution < 1.29 is 4.79 Å². The number of carbonyl (C=O) groups excluding carboxylic acids is 1. The molecule has 1 aromatic heterocycles. The maximum Gasteiger partial charge on any atom is 0.268 e. The first-order valence-corrected chi connectivity index (χ1v) is 5.79. The van der Waals surface area contributed by atoms with E-state index in [0.29, 0.717) is 5.69 Å². The van der Waals surface area contributed by atoms with Gasteiger partial charge in [0.05, 0.1) is 0 Å². The Morgan fingerprint density at radius 2 is 2.53 bits per heavy atom. The first-order valence-electron chi connectivity index (χ1n) is 5.00. The highest BCUT2D eigenvalue weighted by Crippen LogP contribution is 2.13. The Labute approximate surface area is 97.2 Å². The van der Waals surface area contributed by atoms with Crippen molar-refractivity contribution in [1.29, 1.82) is 0 Å². The minimum Gasteiger partial charge on any atom is -0.347 e. The zero-order valence-electron chi connectivity index (χ0n) is 8.59. The number of halogens is 1. The molecule has 1 fully saturated rings. The number of nitrogens with one attached hydrogen (secondary N) is 2. The largest absolute Gasteiger partial charge is 0.347 e. The fourth-order valence-corrected chi connectivity index (χ4v) is 2.31. The molecule has 0 saturated carbocycles. The van der Waals surface area contributed by atoms with Crippen LogP contribution < -0.4 is 10.6 Å². The number of nitrogens with zero attached hydrogens (tertiary/aromatic N) is 1. The smallest absolute Gasteiger partial charge is 0.268 e. The predicted molar refractivity (Wildman–Crippen MR) is 61.9 cm³/mol. The normalized spacial score (nSPS) is 20.5. The van der Waals surface area contributed by atoms with Gasteiger partial charge < -0.3 is 15.2 Å². The molecule has 2 heterocycles. The van der Waals surface area contributed by atoms with Gasteiger partial charge in [-0.25, -0.2) is 0 Å². The van der Waals surface area contributed by atoms with Gasteiger partial charge in [-0.05, 0) is 35.0 Å². The van der Waals surface area contributed by atoms with Crippen molar-refractivity contribution in [2.75, 3.05) is 13.1 Å². The zero-order chi connectivity index (χ0) is 10.8. The number of aromatic nitrogens is 1. The predicted octanol–water partition coefficient (Wildman–Crippen LogP) is 0.879. The maximum absolute atomic E-state index is 11.9. The number of rotatable bonds is 2. The van der Waals surface area contributed by atoms with Crippen molar-refractivity contribution in [1.82, 2.24) is 15.2 Å². The second-order valence-electron chi connectivity index (χ2n) is 3.82. The molecule has 2 N–H and O–H groups in total. The van der Waals surface area contributed by atoms with Gasteiger partial charge in [-0.15, -0.1) is 0 Å². The molecule has 0 unspecified atom stereocenters. The highest BCUT2D eigenvalue weighted by atomic mass is 79.9. The first kappa shape index (κ1) is 10.7. The van der Waals surface area contributed by atoms with Gasteiger partial charge in [-0.3, -0.25) is 4.79 Å². The molecule has 82 valence electrons. The Morgan fingerprint density at radius 1 is 1.73 bits per heavy atom. The Kier molecular flexibility index (Phi) is 3.11. The molecule has 1 amide bonds. The summed E-state index contributed by atoms with van der Waals surface area (Å²) in [7, 11) is 1.87. The summed E-state index contributed by atoms with van der Waals surface area (Å²) in [6.07, 6.45) is 2.89. The van der Waals surface area contributed by atoms with Crippen LogP contribution in [0.2, 0.25) is 0 Å². The highest BCUT2D eigenvalue weighted by Gasteiger charge is 2.19. The van der Waals surface area contributed by atoms with E-state index in [1.54, 1.807) is 0 Å². The lowest BCUT2D eigenvalue weighted by Crippen LogP contribution is -2.37. The molecule has 2 rings (SSSR count). The van der Waals surface area contributed by atoms with E-state index in [2.05, 4.69) is 26.6 Å². The van der Waals surface area contributed by atoms with E-state index in [0.717, 1.165) is 24.0 Å². The molecule has 0 spiro atoms. The molecule has 15 heavy (non-hydrogen) atoms. The Balaban J connectivity index is 2.03. The lowest BCUT2D eigenvalue weighted by molar-refractivity contribution is 0.0932. The Hall–Kier alpha value is -0.810. The van der Waals surface area contributed by atoms with E-state index >= 15 is 0 Å². The second-order valence-corrected chi connectivity index (χ2v) is 4.73. The summed E-state index contributed by atoms with van der Waals surface area (Å²) in [6, 6.07) is 2.10. The van der Waals surface area contributed by atoms with Crippen molar-refractivity contribution in [3.63, 3.8) is 0 Å². The van der Waals surface area contributed by atoms with Crippen molar-refractivity contribution in [3.05, 3.63) is 22.4 Å². The molecule has 1 atom stereocenters. The van der Waals surface area contributed by atoms with E-state index in [1.165, 1.54) is 0 Å². The van der Waals surface area contributed by atoms with Gasteiger partial charge in [0.25, 0.3) is 5.91 Å². The van der Waals surface area contributed by atoms with E-state index < -0.39 is 0 Å². The molecular formula is C10H14BrN3O. The third-order valence-electron chi connectivity index (χ3n) is 2.60. The van der Waals surface area contributed by atoms with Crippen LogP contribution in [0.15, 0.2) is 16.7 Å². The molecule has 1 aliphatic heterocycles. The summed E-state index contributed by atoms with van der Waals surface area (Å²) in [4.78, 5) is 11.9. The van der Waals surface area contributed by atoms with Crippen molar-refractivity contribution >= 4 is 21.8 Å². The monoisotopic (exact) mass is 271 g/mol. The fraction of sp³-hybridized carbons (Fsp3) is 0.500. The van der Waals surface area contributed by atoms with Gasteiger partial charge in [0.2, 0.25) is 0 Å². The van der Waals surface area contributed by atoms with Crippen LogP contribution in [-0.4, -0.2) is 29.6 Å². The average molecular weight is 272 g/mol. The van der Waals surface area contributed by atoms with Gasteiger partial charge in [0, 0.05) is 30.3 Å². The van der Waals surface area contributed by atoms with E-state index in [4.69, 9.17) is 0 Å². The summed E-state index contributed by atoms with van der Waals surface area (Å²) >= 11 is 3.35. The second kappa shape index (κ2) is 4.37. The van der Waals surface area contributed by atoms with E-state index in [-0.39, 0.29) is 11.9 Å². The fourth-order valence-electron chi connectivity index (χ4n) is 1.79. The standard InChI is InChI=1S/C10H14BrN3O/c1-14-6-7(11)4-9(14)10(15)13-8-2-3-12-5-8/h4,6,8,12H,2-3,5H2,1H3,(H,13,15)/t8-/m1/s1. The number of carbonyl (C=O) groups is 1. The van der Waals surface area contributed by atoms with Crippen molar-refractivity contribution in [2.45, 2.75) is 12.5 Å². The molecule has 1 aromatic rings. The summed E-state index contributed by atoms with van der Waals surface area (Å²) in [6.45, 7) is 1.86. The Bertz CT molecular complexity index is 369. The third kappa shape index (κ3) is 2.41. The SMILES string of the molecule is Cn1cc(Br)cc1C(=O)N[C@@H]1CCNC1. The van der Waals surface area contributed by atoms with Gasteiger partial charge in [-0.1, -0.05) is 0 Å². The van der Waals surface area contributed by atoms with Gasteiger partial charge in [-0.2, -0.15) is 0 Å². The summed E-state index contributed by atoms with van der Waals surface area (Å²) < 4.78 is 2.75. The molecule has 0 radical (unpaired) electrons. The first-order chi connectivity index (χ1) is 7.16. The van der Waals surface area contributed by atoms with Gasteiger partial charge in [0.15, 0.2) is 0 Å². The molecule has 4 nitrogen and oxygen atoms in total. The number of hydrogen-bond acceptors (Lipinski definition) is 2. The summed E-state index contributed by atoms with van der Waals surface area (Å²) in [5.41, 5.74) is 0.689. The molecule has 1 saturated heterocycles. The average Bonchev–Trinajstić information content (AvgIpc) is 2.75. The minimum atomic E-state index is -0.00287. The molecule has 0 aromatic carbocycles. The molecule has 5 heteroatoms. The van der Waals surface area contributed by atoms with Gasteiger partial charge in [0.1, 0.15) is 5.69 Å². The minimum absolute atomic E-state index is 0.00287. The zero-order valence-corrected chi connectivity index (χ0v) is 10.2. The van der Waals surface area contributed by atoms with E-state index in [1.807, 2.05) is 23.9 Å². The van der Waals surface area contributed by atoms with Crippen molar-refractivity contribution in [2.24, 2.45) is 7.05 Å². The molecule has 0 bridgehead atoms. The van der Waals surface area contributed by atoms with Crippen LogP contribution in [0, 0.1) is 0 Å². The quantitative estimate of drug-likeness (QED) is 0.839. The van der Waals surface area contributed by atoms with Crippen LogP contribution in [0.3, 0.4) is 0 Å². The lowest BCUT2D eigenvalue weighted by Gasteiger charge is -2.11. The highest BCUT2D eigenvalue weighted by molar-refractivity contribution is 9.10. The topological polar surface area (TPSA) is 46.1 Å². The van der Waals surface area contributed by atoms with E-state index in [9.17, 15) is 4.79 Å². The van der Waals surface area contributed by atoms with Crippen LogP contribution in [0.25, 0.3) is 0 Å². The Morgan fingerprint density at radius 3 is 3.07 bits per heavy atom. The number of aryl methyl sites for hydroxylation is 1. The van der Waals surface area contributed by atoms with Crippen LogP contribution in [0.5, 0.6) is 0 Å². The summed E-state index contributed by atoms with van der Waals surface area (Å²) in [5.74, 6) is -0.00287. The lowest BCUT2D eigenvalue weighted by atomic mass is 10.2.